The number of thiophene rings is 1. The van der Waals surface area contributed by atoms with Crippen LogP contribution in [-0.4, -0.2) is 30.9 Å². The number of anilines is 1. The van der Waals surface area contributed by atoms with Crippen LogP contribution in [0, 0.1) is 0 Å². The van der Waals surface area contributed by atoms with E-state index in [1.165, 1.54) is 0 Å². The van der Waals surface area contributed by atoms with E-state index in [0.29, 0.717) is 24.2 Å². The quantitative estimate of drug-likeness (QED) is 0.791. The number of amides is 2. The van der Waals surface area contributed by atoms with Crippen LogP contribution < -0.4 is 10.2 Å². The number of nitrogens with one attached hydrogen (secondary N) is 1. The second-order valence-electron chi connectivity index (χ2n) is 6.08. The molecule has 1 N–H and O–H groups in total. The first kappa shape index (κ1) is 18.1. The van der Waals surface area contributed by atoms with Gasteiger partial charge in [0.25, 0.3) is 5.91 Å². The Bertz CT molecular complexity index is 804. The van der Waals surface area contributed by atoms with E-state index in [9.17, 15) is 14.4 Å². The zero-order valence-electron chi connectivity index (χ0n) is 14.4. The van der Waals surface area contributed by atoms with E-state index in [1.807, 2.05) is 24.4 Å². The predicted octanol–water partition coefficient (Wildman–Crippen LogP) is 2.91. The maximum absolute atomic E-state index is 12.2. The number of benzene rings is 1. The molecule has 0 saturated carbocycles. The number of hydrogen-bond acceptors (Lipinski definition) is 5. The minimum absolute atomic E-state index is 0.0532. The first-order valence-corrected chi connectivity index (χ1v) is 9.33. The van der Waals surface area contributed by atoms with Crippen molar-refractivity contribution in [2.45, 2.75) is 25.8 Å². The third-order valence-corrected chi connectivity index (χ3v) is 5.20. The van der Waals surface area contributed by atoms with Crippen LogP contribution in [0.4, 0.5) is 5.69 Å². The largest absolute Gasteiger partial charge is 0.452 e. The van der Waals surface area contributed by atoms with E-state index >= 15 is 0 Å². The summed E-state index contributed by atoms with van der Waals surface area (Å²) in [6.45, 7) is 2.18. The monoisotopic (exact) mass is 372 g/mol. The molecule has 1 aliphatic rings. The molecule has 0 aliphatic carbocycles. The summed E-state index contributed by atoms with van der Waals surface area (Å²) < 4.78 is 5.10. The molecule has 1 atom stereocenters. The number of nitrogens with zero attached hydrogens (tertiary/aromatic N) is 1. The molecule has 7 heteroatoms. The molecule has 1 aromatic heterocycles. The van der Waals surface area contributed by atoms with E-state index in [4.69, 9.17) is 4.74 Å². The molecule has 0 radical (unpaired) electrons. The fourth-order valence-electron chi connectivity index (χ4n) is 2.83. The third-order valence-electron chi connectivity index (χ3n) is 4.15. The number of carbonyl (C=O) groups is 3. The molecule has 1 aromatic carbocycles. The highest BCUT2D eigenvalue weighted by atomic mass is 32.1. The molecular weight excluding hydrogens is 352 g/mol. The lowest BCUT2D eigenvalue weighted by molar-refractivity contribution is -0.124. The van der Waals surface area contributed by atoms with Gasteiger partial charge in [-0.15, -0.1) is 11.3 Å². The van der Waals surface area contributed by atoms with Gasteiger partial charge in [-0.1, -0.05) is 12.1 Å². The molecule has 0 spiro atoms. The fourth-order valence-corrected chi connectivity index (χ4v) is 3.56. The van der Waals surface area contributed by atoms with Crippen molar-refractivity contribution in [1.29, 1.82) is 0 Å². The van der Waals surface area contributed by atoms with Crippen molar-refractivity contribution in [3.05, 3.63) is 52.2 Å². The van der Waals surface area contributed by atoms with Crippen LogP contribution in [0.2, 0.25) is 0 Å². The maximum Gasteiger partial charge on any atom is 0.338 e. The van der Waals surface area contributed by atoms with Gasteiger partial charge in [0.1, 0.15) is 0 Å². The summed E-state index contributed by atoms with van der Waals surface area (Å²) in [6.07, 6.45) is 1.34. The highest BCUT2D eigenvalue weighted by molar-refractivity contribution is 7.10. The lowest BCUT2D eigenvalue weighted by atomic mass is 10.2. The van der Waals surface area contributed by atoms with Crippen molar-refractivity contribution in [1.82, 2.24) is 5.32 Å². The van der Waals surface area contributed by atoms with Gasteiger partial charge in [-0.05, 0) is 43.0 Å². The van der Waals surface area contributed by atoms with E-state index in [2.05, 4.69) is 5.32 Å². The molecule has 0 bridgehead atoms. The van der Waals surface area contributed by atoms with Crippen molar-refractivity contribution in [2.75, 3.05) is 18.1 Å². The Hall–Kier alpha value is -2.67. The second kappa shape index (κ2) is 8.14. The number of carbonyl (C=O) groups excluding carboxylic acids is 3. The van der Waals surface area contributed by atoms with Crippen LogP contribution in [-0.2, 0) is 14.3 Å². The minimum Gasteiger partial charge on any atom is -0.452 e. The van der Waals surface area contributed by atoms with Crippen LogP contribution in [0.3, 0.4) is 0 Å². The highest BCUT2D eigenvalue weighted by Gasteiger charge is 2.22. The molecule has 1 aliphatic heterocycles. The molecule has 2 aromatic rings. The molecule has 1 fully saturated rings. The SMILES string of the molecule is C[C@@H](NC(=O)COC(=O)c1cccc(N2CCCC2=O)c1)c1cccs1. The summed E-state index contributed by atoms with van der Waals surface area (Å²) in [7, 11) is 0. The lowest BCUT2D eigenvalue weighted by Gasteiger charge is -2.16. The van der Waals surface area contributed by atoms with Gasteiger partial charge in [-0.2, -0.15) is 0 Å². The van der Waals surface area contributed by atoms with Gasteiger partial charge in [0.05, 0.1) is 11.6 Å². The number of rotatable bonds is 6. The maximum atomic E-state index is 12.2. The smallest absolute Gasteiger partial charge is 0.338 e. The Morgan fingerprint density at radius 3 is 2.85 bits per heavy atom. The molecule has 2 heterocycles. The molecule has 2 amide bonds. The molecule has 1 saturated heterocycles. The van der Waals surface area contributed by atoms with Gasteiger partial charge >= 0.3 is 5.97 Å². The zero-order chi connectivity index (χ0) is 18.5. The average molecular weight is 372 g/mol. The number of ether oxygens (including phenoxy) is 1. The summed E-state index contributed by atoms with van der Waals surface area (Å²) in [5, 5.41) is 4.73. The van der Waals surface area contributed by atoms with Gasteiger partial charge in [0, 0.05) is 23.5 Å². The first-order valence-electron chi connectivity index (χ1n) is 8.45. The molecular formula is C19H20N2O4S. The first-order chi connectivity index (χ1) is 12.5. The Balaban J connectivity index is 1.55. The predicted molar refractivity (Wildman–Crippen MR) is 99.2 cm³/mol. The molecule has 3 rings (SSSR count). The van der Waals surface area contributed by atoms with Gasteiger partial charge in [0.15, 0.2) is 6.61 Å². The normalized spacial score (nSPS) is 15.0. The van der Waals surface area contributed by atoms with Crippen molar-refractivity contribution in [3.63, 3.8) is 0 Å². The van der Waals surface area contributed by atoms with Crippen LogP contribution in [0.1, 0.15) is 41.0 Å². The van der Waals surface area contributed by atoms with Gasteiger partial charge < -0.3 is 15.0 Å². The van der Waals surface area contributed by atoms with E-state index in [0.717, 1.165) is 11.3 Å². The van der Waals surface area contributed by atoms with E-state index < -0.39 is 5.97 Å². The molecule has 26 heavy (non-hydrogen) atoms. The third kappa shape index (κ3) is 4.29. The summed E-state index contributed by atoms with van der Waals surface area (Å²) in [4.78, 5) is 38.7. The Morgan fingerprint density at radius 2 is 2.15 bits per heavy atom. The number of hydrogen-bond donors (Lipinski definition) is 1. The lowest BCUT2D eigenvalue weighted by Crippen LogP contribution is -2.30. The molecule has 6 nitrogen and oxygen atoms in total. The fraction of sp³-hybridized carbons (Fsp3) is 0.316. The van der Waals surface area contributed by atoms with Crippen molar-refractivity contribution in [2.24, 2.45) is 0 Å². The van der Waals surface area contributed by atoms with E-state index in [-0.39, 0.29) is 24.5 Å². The molecule has 136 valence electrons. The Kier molecular flexibility index (Phi) is 5.68. The van der Waals surface area contributed by atoms with Crippen molar-refractivity contribution >= 4 is 34.8 Å². The van der Waals surface area contributed by atoms with Gasteiger partial charge in [-0.25, -0.2) is 4.79 Å². The topological polar surface area (TPSA) is 75.7 Å². The van der Waals surface area contributed by atoms with Crippen molar-refractivity contribution < 1.29 is 19.1 Å². The second-order valence-corrected chi connectivity index (χ2v) is 7.06. The minimum atomic E-state index is -0.586. The Labute approximate surface area is 155 Å². The van der Waals surface area contributed by atoms with Crippen molar-refractivity contribution in [3.8, 4) is 0 Å². The summed E-state index contributed by atoms with van der Waals surface area (Å²) in [5.74, 6) is -0.889. The summed E-state index contributed by atoms with van der Waals surface area (Å²) in [5.41, 5.74) is 0.999. The summed E-state index contributed by atoms with van der Waals surface area (Å²) in [6, 6.07) is 10.4. The summed E-state index contributed by atoms with van der Waals surface area (Å²) >= 11 is 1.55. The molecule has 0 unspecified atom stereocenters. The standard InChI is InChI=1S/C19H20N2O4S/c1-13(16-7-4-10-26-16)20-17(22)12-25-19(24)14-5-2-6-15(11-14)21-9-3-8-18(21)23/h2,4-7,10-11,13H,3,8-9,12H2,1H3,(H,20,22)/t13-/m1/s1. The average Bonchev–Trinajstić information content (AvgIpc) is 3.31. The number of esters is 1. The van der Waals surface area contributed by atoms with Crippen LogP contribution >= 0.6 is 11.3 Å². The van der Waals surface area contributed by atoms with Crippen LogP contribution in [0.15, 0.2) is 41.8 Å². The van der Waals surface area contributed by atoms with Crippen LogP contribution in [0.25, 0.3) is 0 Å². The highest BCUT2D eigenvalue weighted by Crippen LogP contribution is 2.22. The Morgan fingerprint density at radius 1 is 1.31 bits per heavy atom. The van der Waals surface area contributed by atoms with Gasteiger partial charge in [-0.3, -0.25) is 9.59 Å². The zero-order valence-corrected chi connectivity index (χ0v) is 15.3. The van der Waals surface area contributed by atoms with Crippen LogP contribution in [0.5, 0.6) is 0 Å². The van der Waals surface area contributed by atoms with E-state index in [1.54, 1.807) is 40.5 Å². The van der Waals surface area contributed by atoms with Gasteiger partial charge in [0.2, 0.25) is 5.91 Å².